The van der Waals surface area contributed by atoms with Gasteiger partial charge in [0.05, 0.1) is 0 Å². The minimum absolute atomic E-state index is 0.118. The summed E-state index contributed by atoms with van der Waals surface area (Å²) < 4.78 is 14.0. The largest absolute Gasteiger partial charge is 0.312 e. The lowest BCUT2D eigenvalue weighted by Crippen LogP contribution is -2.25. The van der Waals surface area contributed by atoms with E-state index in [1.165, 1.54) is 0 Å². The molecule has 1 N–H and O–H groups in total. The van der Waals surface area contributed by atoms with Gasteiger partial charge in [-0.1, -0.05) is 39.0 Å². The Morgan fingerprint density at radius 2 is 2.14 bits per heavy atom. The zero-order valence-corrected chi connectivity index (χ0v) is 13.7. The van der Waals surface area contributed by atoms with E-state index in [1.54, 1.807) is 6.07 Å². The van der Waals surface area contributed by atoms with Crippen molar-refractivity contribution in [3.63, 3.8) is 0 Å². The Morgan fingerprint density at radius 3 is 2.76 bits per heavy atom. The predicted octanol–water partition coefficient (Wildman–Crippen LogP) is 3.97. The molecule has 0 heterocycles. The molecule has 21 heavy (non-hydrogen) atoms. The highest BCUT2D eigenvalue weighted by atomic mass is 19.1. The molecule has 0 amide bonds. The minimum atomic E-state index is -0.118. The van der Waals surface area contributed by atoms with Crippen LogP contribution in [0, 0.1) is 11.7 Å². The molecule has 1 aromatic rings. The Balaban J connectivity index is 2.69. The van der Waals surface area contributed by atoms with Crippen LogP contribution in [0.25, 0.3) is 0 Å². The van der Waals surface area contributed by atoms with Crippen LogP contribution in [0.3, 0.4) is 0 Å². The number of hydrogen-bond donors (Lipinski definition) is 1. The van der Waals surface area contributed by atoms with Crippen LogP contribution >= 0.6 is 0 Å². The molecular weight excluding hydrogens is 263 g/mol. The van der Waals surface area contributed by atoms with Crippen LogP contribution in [-0.4, -0.2) is 24.5 Å². The molecule has 0 bridgehead atoms. The number of halogens is 1. The smallest absolute Gasteiger partial charge is 0.127 e. The summed E-state index contributed by atoms with van der Waals surface area (Å²) in [7, 11) is 0. The number of hydrogen-bond acceptors (Lipinski definition) is 2. The zero-order chi connectivity index (χ0) is 15.7. The molecule has 0 saturated carbocycles. The average molecular weight is 292 g/mol. The number of nitrogens with zero attached hydrogens (tertiary/aromatic N) is 1. The summed E-state index contributed by atoms with van der Waals surface area (Å²) in [6.45, 7) is 14.4. The molecule has 0 fully saturated rings. The third-order valence-electron chi connectivity index (χ3n) is 3.31. The fourth-order valence-corrected chi connectivity index (χ4v) is 2.34. The van der Waals surface area contributed by atoms with Crippen molar-refractivity contribution in [3.05, 3.63) is 47.8 Å². The van der Waals surface area contributed by atoms with Crippen molar-refractivity contribution in [1.82, 2.24) is 10.2 Å². The van der Waals surface area contributed by atoms with Crippen molar-refractivity contribution in [2.24, 2.45) is 5.92 Å². The number of rotatable bonds is 10. The molecule has 0 radical (unpaired) electrons. The van der Waals surface area contributed by atoms with E-state index < -0.39 is 0 Å². The number of nitrogens with one attached hydrogen (secondary N) is 1. The quantitative estimate of drug-likeness (QED) is 0.656. The molecule has 0 unspecified atom stereocenters. The van der Waals surface area contributed by atoms with Gasteiger partial charge >= 0.3 is 0 Å². The summed E-state index contributed by atoms with van der Waals surface area (Å²) in [5.41, 5.74) is 1.91. The second-order valence-electron chi connectivity index (χ2n) is 5.97. The van der Waals surface area contributed by atoms with E-state index in [-0.39, 0.29) is 5.82 Å². The van der Waals surface area contributed by atoms with Crippen molar-refractivity contribution in [1.29, 1.82) is 0 Å². The van der Waals surface area contributed by atoms with Crippen LogP contribution < -0.4 is 5.32 Å². The van der Waals surface area contributed by atoms with Gasteiger partial charge in [0.15, 0.2) is 0 Å². The normalized spacial score (nSPS) is 11.3. The molecule has 0 aliphatic rings. The van der Waals surface area contributed by atoms with Gasteiger partial charge in [0, 0.05) is 25.2 Å². The molecule has 118 valence electrons. The first-order valence-corrected chi connectivity index (χ1v) is 7.88. The highest BCUT2D eigenvalue weighted by Crippen LogP contribution is 2.14. The molecule has 1 aromatic carbocycles. The topological polar surface area (TPSA) is 15.3 Å². The maximum absolute atomic E-state index is 14.0. The van der Waals surface area contributed by atoms with Crippen LogP contribution in [0.15, 0.2) is 30.9 Å². The lowest BCUT2D eigenvalue weighted by molar-refractivity contribution is 0.290. The molecule has 1 rings (SSSR count). The van der Waals surface area contributed by atoms with Crippen molar-refractivity contribution in [2.75, 3.05) is 19.6 Å². The Bertz CT molecular complexity index is 429. The van der Waals surface area contributed by atoms with E-state index in [4.69, 9.17) is 0 Å². The standard InChI is InChI=1S/C18H29FN2/c1-5-9-21(10-6-2)14-17-11-16(7-8-18(17)19)13-20-12-15(3)4/h5,7-8,11,15,20H,1,6,9-10,12-14H2,2-4H3. The predicted molar refractivity (Wildman–Crippen MR) is 88.7 cm³/mol. The number of benzene rings is 1. The molecule has 0 aliphatic carbocycles. The first kappa shape index (κ1) is 17.9. The van der Waals surface area contributed by atoms with Gasteiger partial charge < -0.3 is 5.32 Å². The summed E-state index contributed by atoms with van der Waals surface area (Å²) in [6, 6.07) is 5.43. The SMILES string of the molecule is C=CCN(CCC)Cc1cc(CNCC(C)C)ccc1F. The van der Waals surface area contributed by atoms with Crippen LogP contribution in [0.4, 0.5) is 4.39 Å². The summed E-state index contributed by atoms with van der Waals surface area (Å²) >= 11 is 0. The third kappa shape index (κ3) is 6.87. The maximum Gasteiger partial charge on any atom is 0.127 e. The van der Waals surface area contributed by atoms with E-state index in [2.05, 4.69) is 37.6 Å². The Hall–Kier alpha value is -1.19. The first-order chi connectivity index (χ1) is 10.1. The molecule has 3 heteroatoms. The minimum Gasteiger partial charge on any atom is -0.312 e. The highest BCUT2D eigenvalue weighted by Gasteiger charge is 2.09. The Kier molecular flexibility index (Phi) is 8.24. The summed E-state index contributed by atoms with van der Waals surface area (Å²) in [6.07, 6.45) is 2.94. The second-order valence-corrected chi connectivity index (χ2v) is 5.97. The molecule has 0 aliphatic heterocycles. The maximum atomic E-state index is 14.0. The van der Waals surface area contributed by atoms with Gasteiger partial charge in [-0.05, 0) is 37.1 Å². The van der Waals surface area contributed by atoms with Gasteiger partial charge in [-0.3, -0.25) is 4.90 Å². The van der Waals surface area contributed by atoms with Gasteiger partial charge in [0.2, 0.25) is 0 Å². The first-order valence-electron chi connectivity index (χ1n) is 7.88. The van der Waals surface area contributed by atoms with Gasteiger partial charge in [0.1, 0.15) is 5.82 Å². The van der Waals surface area contributed by atoms with Crippen molar-refractivity contribution in [2.45, 2.75) is 40.3 Å². The van der Waals surface area contributed by atoms with Crippen LogP contribution in [0.5, 0.6) is 0 Å². The van der Waals surface area contributed by atoms with E-state index in [0.717, 1.165) is 43.7 Å². The fourth-order valence-electron chi connectivity index (χ4n) is 2.34. The van der Waals surface area contributed by atoms with E-state index >= 15 is 0 Å². The molecule has 0 saturated heterocycles. The monoisotopic (exact) mass is 292 g/mol. The average Bonchev–Trinajstić information content (AvgIpc) is 2.42. The summed E-state index contributed by atoms with van der Waals surface area (Å²) in [5.74, 6) is 0.505. The van der Waals surface area contributed by atoms with Gasteiger partial charge in [-0.25, -0.2) is 4.39 Å². The fraction of sp³-hybridized carbons (Fsp3) is 0.556. The van der Waals surface area contributed by atoms with Gasteiger partial charge in [0.25, 0.3) is 0 Å². The van der Waals surface area contributed by atoms with Crippen LogP contribution in [0.1, 0.15) is 38.3 Å². The highest BCUT2D eigenvalue weighted by molar-refractivity contribution is 5.25. The lowest BCUT2D eigenvalue weighted by atomic mass is 10.1. The summed E-state index contributed by atoms with van der Waals surface area (Å²) in [5, 5.41) is 3.40. The Labute approximate surface area is 129 Å². The molecular formula is C18H29FN2. The molecule has 0 spiro atoms. The van der Waals surface area contributed by atoms with E-state index in [9.17, 15) is 4.39 Å². The third-order valence-corrected chi connectivity index (χ3v) is 3.31. The zero-order valence-electron chi connectivity index (χ0n) is 13.7. The molecule has 2 nitrogen and oxygen atoms in total. The van der Waals surface area contributed by atoms with Crippen LogP contribution in [-0.2, 0) is 13.1 Å². The Morgan fingerprint density at radius 1 is 1.38 bits per heavy atom. The van der Waals surface area contributed by atoms with Crippen molar-refractivity contribution in [3.8, 4) is 0 Å². The van der Waals surface area contributed by atoms with E-state index in [0.29, 0.717) is 12.5 Å². The van der Waals surface area contributed by atoms with Gasteiger partial charge in [-0.15, -0.1) is 6.58 Å². The second kappa shape index (κ2) is 9.69. The van der Waals surface area contributed by atoms with E-state index in [1.807, 2.05) is 18.2 Å². The van der Waals surface area contributed by atoms with Crippen molar-refractivity contribution < 1.29 is 4.39 Å². The van der Waals surface area contributed by atoms with Crippen molar-refractivity contribution >= 4 is 0 Å². The summed E-state index contributed by atoms with van der Waals surface area (Å²) in [4.78, 5) is 2.22. The molecule has 0 aromatic heterocycles. The molecule has 0 atom stereocenters. The lowest BCUT2D eigenvalue weighted by Gasteiger charge is -2.20. The van der Waals surface area contributed by atoms with Crippen LogP contribution in [0.2, 0.25) is 0 Å². The van der Waals surface area contributed by atoms with Gasteiger partial charge in [-0.2, -0.15) is 0 Å².